The highest BCUT2D eigenvalue weighted by Gasteiger charge is 2.12. The number of carbonyl (C=O) groups excluding carboxylic acids is 2. The first-order chi connectivity index (χ1) is 8.27. The van der Waals surface area contributed by atoms with Gasteiger partial charge in [-0.05, 0) is 44.1 Å². The van der Waals surface area contributed by atoms with Gasteiger partial charge in [0.25, 0.3) is 0 Å². The van der Waals surface area contributed by atoms with Crippen LogP contribution in [0.3, 0.4) is 0 Å². The minimum absolute atomic E-state index is 0.119. The average molecular weight is 238 g/mol. The summed E-state index contributed by atoms with van der Waals surface area (Å²) in [6.07, 6.45) is 10.1. The van der Waals surface area contributed by atoms with E-state index in [-0.39, 0.29) is 5.97 Å². The number of rotatable bonds is 8. The van der Waals surface area contributed by atoms with Gasteiger partial charge in [-0.25, -0.2) is 0 Å². The third-order valence-electron chi connectivity index (χ3n) is 3.36. The summed E-state index contributed by atoms with van der Waals surface area (Å²) < 4.78 is 4.58. The topological polar surface area (TPSA) is 43.4 Å². The molecule has 0 unspecified atom stereocenters. The molecule has 0 atom stereocenters. The van der Waals surface area contributed by atoms with E-state index in [2.05, 4.69) is 4.74 Å². The van der Waals surface area contributed by atoms with Crippen molar-refractivity contribution in [3.05, 3.63) is 11.1 Å². The van der Waals surface area contributed by atoms with Crippen LogP contribution in [0.1, 0.15) is 57.8 Å². The van der Waals surface area contributed by atoms with Gasteiger partial charge in [-0.15, -0.1) is 0 Å². The van der Waals surface area contributed by atoms with Crippen LogP contribution in [0.4, 0.5) is 0 Å². The zero-order valence-electron chi connectivity index (χ0n) is 10.7. The number of hydrogen-bond donors (Lipinski definition) is 0. The molecule has 0 fully saturated rings. The van der Waals surface area contributed by atoms with Crippen molar-refractivity contribution < 1.29 is 14.3 Å². The van der Waals surface area contributed by atoms with Gasteiger partial charge >= 0.3 is 5.97 Å². The molecular weight excluding hydrogens is 216 g/mol. The van der Waals surface area contributed by atoms with Crippen molar-refractivity contribution in [3.63, 3.8) is 0 Å². The Labute approximate surface area is 103 Å². The molecule has 3 nitrogen and oxygen atoms in total. The van der Waals surface area contributed by atoms with Gasteiger partial charge in [-0.1, -0.05) is 18.4 Å². The van der Waals surface area contributed by atoms with Crippen molar-refractivity contribution in [3.8, 4) is 0 Å². The Balaban J connectivity index is 2.04. The second-order valence-corrected chi connectivity index (χ2v) is 4.59. The molecule has 0 amide bonds. The maximum absolute atomic E-state index is 10.9. The SMILES string of the molecule is COC(=O)CCCCCCC1=C(C=O)CCC1. The van der Waals surface area contributed by atoms with Crippen LogP contribution in [0.2, 0.25) is 0 Å². The molecule has 0 aliphatic heterocycles. The molecule has 0 saturated heterocycles. The fraction of sp³-hybridized carbons (Fsp3) is 0.714. The number of methoxy groups -OCH3 is 1. The van der Waals surface area contributed by atoms with Crippen molar-refractivity contribution in [2.45, 2.75) is 57.8 Å². The summed E-state index contributed by atoms with van der Waals surface area (Å²) in [6.45, 7) is 0. The second kappa shape index (κ2) is 8.04. The molecule has 0 aromatic heterocycles. The van der Waals surface area contributed by atoms with Crippen molar-refractivity contribution >= 4 is 12.3 Å². The van der Waals surface area contributed by atoms with Crippen LogP contribution in [0.15, 0.2) is 11.1 Å². The lowest BCUT2D eigenvalue weighted by Gasteiger charge is -2.03. The molecule has 1 rings (SSSR count). The Hall–Kier alpha value is -1.12. The molecule has 0 spiro atoms. The molecule has 0 aromatic carbocycles. The molecule has 0 aromatic rings. The van der Waals surface area contributed by atoms with Crippen LogP contribution in [0, 0.1) is 0 Å². The number of ether oxygens (including phenoxy) is 1. The number of carbonyl (C=O) groups is 2. The Morgan fingerprint density at radius 1 is 1.24 bits per heavy atom. The molecule has 0 N–H and O–H groups in total. The highest BCUT2D eigenvalue weighted by atomic mass is 16.5. The summed E-state index contributed by atoms with van der Waals surface area (Å²) in [6, 6.07) is 0. The number of allylic oxidation sites excluding steroid dienone is 2. The van der Waals surface area contributed by atoms with E-state index in [0.717, 1.165) is 63.2 Å². The lowest BCUT2D eigenvalue weighted by atomic mass is 10.0. The summed E-state index contributed by atoms with van der Waals surface area (Å²) in [7, 11) is 1.43. The molecule has 1 aliphatic carbocycles. The van der Waals surface area contributed by atoms with Gasteiger partial charge in [-0.2, -0.15) is 0 Å². The van der Waals surface area contributed by atoms with Gasteiger partial charge in [-0.3, -0.25) is 9.59 Å². The molecule has 0 heterocycles. The monoisotopic (exact) mass is 238 g/mol. The van der Waals surface area contributed by atoms with Gasteiger partial charge in [0.1, 0.15) is 6.29 Å². The summed E-state index contributed by atoms with van der Waals surface area (Å²) in [5.41, 5.74) is 2.41. The van der Waals surface area contributed by atoms with E-state index in [1.54, 1.807) is 0 Å². The number of aldehydes is 1. The van der Waals surface area contributed by atoms with Gasteiger partial charge in [0.05, 0.1) is 7.11 Å². The fourth-order valence-electron chi connectivity index (χ4n) is 2.32. The van der Waals surface area contributed by atoms with Crippen LogP contribution in [0.25, 0.3) is 0 Å². The lowest BCUT2D eigenvalue weighted by molar-refractivity contribution is -0.140. The molecule has 0 bridgehead atoms. The molecule has 17 heavy (non-hydrogen) atoms. The molecular formula is C14H22O3. The van der Waals surface area contributed by atoms with Crippen LogP contribution in [-0.2, 0) is 14.3 Å². The predicted molar refractivity (Wildman–Crippen MR) is 66.7 cm³/mol. The van der Waals surface area contributed by atoms with E-state index < -0.39 is 0 Å². The summed E-state index contributed by atoms with van der Waals surface area (Å²) in [4.78, 5) is 21.6. The Morgan fingerprint density at radius 3 is 2.71 bits per heavy atom. The summed E-state index contributed by atoms with van der Waals surface area (Å²) >= 11 is 0. The first-order valence-corrected chi connectivity index (χ1v) is 6.51. The summed E-state index contributed by atoms with van der Waals surface area (Å²) in [5, 5.41) is 0. The standard InChI is InChI=1S/C14H22O3/c1-17-14(16)10-5-3-2-4-7-12-8-6-9-13(12)11-15/h11H,2-10H2,1H3. The Bertz CT molecular complexity index is 292. The molecule has 1 aliphatic rings. The van der Waals surface area contributed by atoms with E-state index in [1.807, 2.05) is 0 Å². The Kier molecular flexibility index (Phi) is 6.60. The van der Waals surface area contributed by atoms with Crippen LogP contribution in [-0.4, -0.2) is 19.4 Å². The normalized spacial score (nSPS) is 15.1. The minimum atomic E-state index is -0.119. The van der Waals surface area contributed by atoms with Crippen LogP contribution < -0.4 is 0 Å². The molecule has 0 saturated carbocycles. The maximum atomic E-state index is 10.9. The van der Waals surface area contributed by atoms with E-state index in [4.69, 9.17) is 0 Å². The van der Waals surface area contributed by atoms with Crippen molar-refractivity contribution in [2.75, 3.05) is 7.11 Å². The lowest BCUT2D eigenvalue weighted by Crippen LogP contribution is -1.99. The largest absolute Gasteiger partial charge is 0.469 e. The Morgan fingerprint density at radius 2 is 2.00 bits per heavy atom. The van der Waals surface area contributed by atoms with E-state index in [0.29, 0.717) is 6.42 Å². The van der Waals surface area contributed by atoms with Crippen LogP contribution in [0.5, 0.6) is 0 Å². The number of hydrogen-bond acceptors (Lipinski definition) is 3. The third-order valence-corrected chi connectivity index (χ3v) is 3.36. The van der Waals surface area contributed by atoms with Crippen molar-refractivity contribution in [1.82, 2.24) is 0 Å². The van der Waals surface area contributed by atoms with E-state index >= 15 is 0 Å². The van der Waals surface area contributed by atoms with E-state index in [1.165, 1.54) is 12.7 Å². The average Bonchev–Trinajstić information content (AvgIpc) is 2.80. The van der Waals surface area contributed by atoms with Crippen molar-refractivity contribution in [1.29, 1.82) is 0 Å². The highest BCUT2D eigenvalue weighted by molar-refractivity contribution is 5.75. The first kappa shape index (κ1) is 13.9. The molecule has 96 valence electrons. The van der Waals surface area contributed by atoms with Gasteiger partial charge in [0.2, 0.25) is 0 Å². The number of esters is 1. The highest BCUT2D eigenvalue weighted by Crippen LogP contribution is 2.28. The van der Waals surface area contributed by atoms with Gasteiger partial charge < -0.3 is 4.74 Å². The van der Waals surface area contributed by atoms with E-state index in [9.17, 15) is 9.59 Å². The zero-order valence-corrected chi connectivity index (χ0v) is 10.7. The molecule has 3 heteroatoms. The van der Waals surface area contributed by atoms with Gasteiger partial charge in [0.15, 0.2) is 0 Å². The quantitative estimate of drug-likeness (QED) is 0.370. The van der Waals surface area contributed by atoms with Gasteiger partial charge in [0, 0.05) is 6.42 Å². The van der Waals surface area contributed by atoms with Crippen molar-refractivity contribution in [2.24, 2.45) is 0 Å². The molecule has 0 radical (unpaired) electrons. The third kappa shape index (κ3) is 5.16. The zero-order chi connectivity index (χ0) is 12.5. The maximum Gasteiger partial charge on any atom is 0.305 e. The second-order valence-electron chi connectivity index (χ2n) is 4.59. The van der Waals surface area contributed by atoms with Crippen LogP contribution >= 0.6 is 0 Å². The number of unbranched alkanes of at least 4 members (excludes halogenated alkanes) is 3. The first-order valence-electron chi connectivity index (χ1n) is 6.51. The fourth-order valence-corrected chi connectivity index (χ4v) is 2.32. The smallest absolute Gasteiger partial charge is 0.305 e. The summed E-state index contributed by atoms with van der Waals surface area (Å²) in [5.74, 6) is -0.119. The predicted octanol–water partition coefficient (Wildman–Crippen LogP) is 3.18. The minimum Gasteiger partial charge on any atom is -0.469 e.